The highest BCUT2D eigenvalue weighted by atomic mass is 19.1. The molecule has 0 amide bonds. The number of rotatable bonds is 3. The minimum atomic E-state index is -0.231. The van der Waals surface area contributed by atoms with Crippen molar-refractivity contribution in [2.24, 2.45) is 0 Å². The minimum Gasteiger partial charge on any atom is -0.369 e. The minimum absolute atomic E-state index is 0.231. The van der Waals surface area contributed by atoms with Crippen molar-refractivity contribution in [1.82, 2.24) is 14.7 Å². The number of hydrogen-bond donors (Lipinski definition) is 1. The first-order chi connectivity index (χ1) is 10.8. The van der Waals surface area contributed by atoms with Gasteiger partial charge in [0.25, 0.3) is 0 Å². The molecule has 2 aliphatic rings. The standard InChI is InChI=1S/C17H21FN4/c18-14-6-2-3-7-16(14)22-17-13(8-9-19-17)15(20-22)12-21-10-4-1-5-11-21/h2-3,6-7,19H,1,4-5,8-12H2. The molecule has 1 aromatic carbocycles. The Morgan fingerprint density at radius 1 is 1.14 bits per heavy atom. The van der Waals surface area contributed by atoms with Gasteiger partial charge in [0, 0.05) is 18.7 Å². The summed E-state index contributed by atoms with van der Waals surface area (Å²) >= 11 is 0. The van der Waals surface area contributed by atoms with Crippen LogP contribution in [0.4, 0.5) is 10.2 Å². The summed E-state index contributed by atoms with van der Waals surface area (Å²) in [7, 11) is 0. The second-order valence-electron chi connectivity index (χ2n) is 6.15. The molecule has 3 heterocycles. The Kier molecular flexibility index (Phi) is 3.58. The van der Waals surface area contributed by atoms with Gasteiger partial charge in [-0.25, -0.2) is 9.07 Å². The van der Waals surface area contributed by atoms with E-state index < -0.39 is 0 Å². The van der Waals surface area contributed by atoms with E-state index >= 15 is 0 Å². The van der Waals surface area contributed by atoms with E-state index in [4.69, 9.17) is 5.10 Å². The molecule has 0 saturated carbocycles. The molecule has 5 heteroatoms. The van der Waals surface area contributed by atoms with Crippen molar-refractivity contribution >= 4 is 5.82 Å². The number of likely N-dealkylation sites (tertiary alicyclic amines) is 1. The van der Waals surface area contributed by atoms with Crippen molar-refractivity contribution in [2.45, 2.75) is 32.2 Å². The van der Waals surface area contributed by atoms with Gasteiger partial charge in [0.1, 0.15) is 17.3 Å². The Hall–Kier alpha value is -1.88. The van der Waals surface area contributed by atoms with E-state index in [2.05, 4.69) is 10.2 Å². The normalized spacial score (nSPS) is 18.2. The van der Waals surface area contributed by atoms with Gasteiger partial charge in [0.2, 0.25) is 0 Å². The van der Waals surface area contributed by atoms with Crippen LogP contribution in [0.5, 0.6) is 0 Å². The van der Waals surface area contributed by atoms with Gasteiger partial charge in [0.15, 0.2) is 0 Å². The lowest BCUT2D eigenvalue weighted by Gasteiger charge is -2.25. The summed E-state index contributed by atoms with van der Waals surface area (Å²) in [5.74, 6) is 0.739. The van der Waals surface area contributed by atoms with Crippen LogP contribution in [-0.2, 0) is 13.0 Å². The number of hydrogen-bond acceptors (Lipinski definition) is 3. The first kappa shape index (κ1) is 13.8. The number of nitrogens with zero attached hydrogens (tertiary/aromatic N) is 3. The summed E-state index contributed by atoms with van der Waals surface area (Å²) in [6.07, 6.45) is 4.86. The van der Waals surface area contributed by atoms with Crippen molar-refractivity contribution < 1.29 is 4.39 Å². The molecule has 0 bridgehead atoms. The number of piperidine rings is 1. The quantitative estimate of drug-likeness (QED) is 0.946. The molecule has 1 aromatic heterocycles. The van der Waals surface area contributed by atoms with E-state index in [9.17, 15) is 4.39 Å². The highest BCUT2D eigenvalue weighted by Crippen LogP contribution is 2.30. The van der Waals surface area contributed by atoms with E-state index in [1.807, 2.05) is 6.07 Å². The van der Waals surface area contributed by atoms with Crippen LogP contribution in [0.2, 0.25) is 0 Å². The summed E-state index contributed by atoms with van der Waals surface area (Å²) in [6, 6.07) is 6.84. The highest BCUT2D eigenvalue weighted by molar-refractivity contribution is 5.57. The lowest BCUT2D eigenvalue weighted by atomic mass is 10.1. The molecule has 0 unspecified atom stereocenters. The zero-order valence-electron chi connectivity index (χ0n) is 12.7. The van der Waals surface area contributed by atoms with Crippen LogP contribution in [0.15, 0.2) is 24.3 Å². The summed E-state index contributed by atoms with van der Waals surface area (Å²) in [6.45, 7) is 4.09. The number of aromatic nitrogens is 2. The van der Waals surface area contributed by atoms with Crippen molar-refractivity contribution in [3.05, 3.63) is 41.3 Å². The van der Waals surface area contributed by atoms with E-state index in [-0.39, 0.29) is 5.82 Å². The van der Waals surface area contributed by atoms with Gasteiger partial charge in [-0.15, -0.1) is 0 Å². The maximum atomic E-state index is 14.1. The monoisotopic (exact) mass is 300 g/mol. The fourth-order valence-corrected chi connectivity index (χ4v) is 3.50. The van der Waals surface area contributed by atoms with Gasteiger partial charge < -0.3 is 5.32 Å². The van der Waals surface area contributed by atoms with Gasteiger partial charge in [-0.2, -0.15) is 5.10 Å². The maximum Gasteiger partial charge on any atom is 0.148 e. The first-order valence-electron chi connectivity index (χ1n) is 8.15. The summed E-state index contributed by atoms with van der Waals surface area (Å²) in [5.41, 5.74) is 2.89. The number of halogens is 1. The molecular formula is C17H21FN4. The Morgan fingerprint density at radius 2 is 1.95 bits per heavy atom. The average Bonchev–Trinajstić information content (AvgIpc) is 3.13. The Balaban J connectivity index is 1.69. The Labute approximate surface area is 129 Å². The number of fused-ring (bicyclic) bond motifs is 1. The van der Waals surface area contributed by atoms with Gasteiger partial charge in [-0.3, -0.25) is 4.90 Å². The van der Waals surface area contributed by atoms with E-state index in [0.717, 1.165) is 44.1 Å². The predicted molar refractivity (Wildman–Crippen MR) is 84.8 cm³/mol. The summed E-state index contributed by atoms with van der Waals surface area (Å²) < 4.78 is 15.9. The maximum absolute atomic E-state index is 14.1. The molecule has 0 atom stereocenters. The van der Waals surface area contributed by atoms with Crippen LogP contribution in [0.1, 0.15) is 30.5 Å². The van der Waals surface area contributed by atoms with Crippen LogP contribution < -0.4 is 5.32 Å². The highest BCUT2D eigenvalue weighted by Gasteiger charge is 2.25. The van der Waals surface area contributed by atoms with Gasteiger partial charge in [-0.1, -0.05) is 18.6 Å². The molecule has 0 radical (unpaired) electrons. The molecule has 1 N–H and O–H groups in total. The zero-order chi connectivity index (χ0) is 14.9. The topological polar surface area (TPSA) is 33.1 Å². The third-order valence-electron chi connectivity index (χ3n) is 4.64. The van der Waals surface area contributed by atoms with E-state index in [1.54, 1.807) is 16.8 Å². The third-order valence-corrected chi connectivity index (χ3v) is 4.64. The van der Waals surface area contributed by atoms with Crippen molar-refractivity contribution in [3.8, 4) is 5.69 Å². The van der Waals surface area contributed by atoms with Crippen LogP contribution >= 0.6 is 0 Å². The summed E-state index contributed by atoms with van der Waals surface area (Å²) in [4.78, 5) is 2.47. The Morgan fingerprint density at radius 3 is 2.77 bits per heavy atom. The zero-order valence-corrected chi connectivity index (χ0v) is 12.7. The van der Waals surface area contributed by atoms with Gasteiger partial charge >= 0.3 is 0 Å². The molecule has 0 aliphatic carbocycles. The van der Waals surface area contributed by atoms with Gasteiger partial charge in [0.05, 0.1) is 5.69 Å². The molecule has 4 nitrogen and oxygen atoms in total. The van der Waals surface area contributed by atoms with Crippen LogP contribution in [0.3, 0.4) is 0 Å². The van der Waals surface area contributed by atoms with E-state index in [0.29, 0.717) is 5.69 Å². The van der Waals surface area contributed by atoms with Crippen LogP contribution in [0, 0.1) is 5.82 Å². The predicted octanol–water partition coefficient (Wildman–Crippen LogP) is 2.97. The Bertz CT molecular complexity index is 673. The molecule has 0 spiro atoms. The average molecular weight is 300 g/mol. The SMILES string of the molecule is Fc1ccccc1-n1nc(CN2CCCCC2)c2c1NCC2. The first-order valence-corrected chi connectivity index (χ1v) is 8.15. The smallest absolute Gasteiger partial charge is 0.148 e. The fraction of sp³-hybridized carbons (Fsp3) is 0.471. The molecule has 2 aromatic rings. The van der Waals surface area contributed by atoms with Crippen molar-refractivity contribution in [2.75, 3.05) is 25.0 Å². The number of anilines is 1. The van der Waals surface area contributed by atoms with Crippen molar-refractivity contribution in [1.29, 1.82) is 0 Å². The second-order valence-corrected chi connectivity index (χ2v) is 6.15. The largest absolute Gasteiger partial charge is 0.369 e. The lowest BCUT2D eigenvalue weighted by molar-refractivity contribution is 0.217. The molecule has 22 heavy (non-hydrogen) atoms. The van der Waals surface area contributed by atoms with E-state index in [1.165, 1.54) is 30.9 Å². The van der Waals surface area contributed by atoms with Crippen LogP contribution in [-0.4, -0.2) is 34.3 Å². The fourth-order valence-electron chi connectivity index (χ4n) is 3.50. The number of nitrogens with one attached hydrogen (secondary N) is 1. The molecular weight excluding hydrogens is 279 g/mol. The second kappa shape index (κ2) is 5.72. The third kappa shape index (κ3) is 2.39. The molecule has 116 valence electrons. The number of para-hydroxylation sites is 1. The van der Waals surface area contributed by atoms with Gasteiger partial charge in [-0.05, 0) is 44.5 Å². The van der Waals surface area contributed by atoms with Crippen LogP contribution in [0.25, 0.3) is 5.69 Å². The molecule has 1 saturated heterocycles. The lowest BCUT2D eigenvalue weighted by Crippen LogP contribution is -2.29. The summed E-state index contributed by atoms with van der Waals surface area (Å²) in [5, 5.41) is 8.10. The molecule has 4 rings (SSSR count). The molecule has 1 fully saturated rings. The van der Waals surface area contributed by atoms with Crippen molar-refractivity contribution in [3.63, 3.8) is 0 Å². The molecule has 2 aliphatic heterocycles. The number of benzene rings is 1.